The molecule has 0 aliphatic heterocycles. The average Bonchev–Trinajstić information content (AvgIpc) is 2.78. The van der Waals surface area contributed by atoms with Gasteiger partial charge in [-0.15, -0.1) is 0 Å². The summed E-state index contributed by atoms with van der Waals surface area (Å²) in [5.74, 6) is -2.32. The van der Waals surface area contributed by atoms with E-state index in [0.29, 0.717) is 6.42 Å². The number of aliphatic carboxylic acids is 2. The number of rotatable bonds is 24. The topological polar surface area (TPSA) is 118 Å². The Balaban J connectivity index is -0.00000544. The third-order valence-corrected chi connectivity index (χ3v) is 5.78. The van der Waals surface area contributed by atoms with Crippen molar-refractivity contribution >= 4 is 17.8 Å². The van der Waals surface area contributed by atoms with Crippen molar-refractivity contribution in [2.24, 2.45) is 0 Å². The molecule has 0 fully saturated rings. The first-order valence-electron chi connectivity index (χ1n) is 13.1. The summed E-state index contributed by atoms with van der Waals surface area (Å²) in [5, 5.41) is 27.1. The van der Waals surface area contributed by atoms with Gasteiger partial charge in [0.05, 0.1) is 19.7 Å². The van der Waals surface area contributed by atoms with Crippen molar-refractivity contribution in [3.05, 3.63) is 12.2 Å². The van der Waals surface area contributed by atoms with E-state index in [-0.39, 0.29) is 63.1 Å². The Morgan fingerprint density at radius 3 is 1.69 bits per heavy atom. The molecule has 0 atom stereocenters. The van der Waals surface area contributed by atoms with Crippen LogP contribution in [0.5, 0.6) is 0 Å². The third kappa shape index (κ3) is 24.5. The van der Waals surface area contributed by atoms with Gasteiger partial charge in [0.1, 0.15) is 0 Å². The van der Waals surface area contributed by atoms with Gasteiger partial charge in [-0.1, -0.05) is 70.4 Å². The van der Waals surface area contributed by atoms with Crippen molar-refractivity contribution in [3.8, 4) is 0 Å². The van der Waals surface area contributed by atoms with Crippen molar-refractivity contribution < 1.29 is 60.7 Å². The number of hydrogen-bond acceptors (Lipinski definition) is 5. The smallest absolute Gasteiger partial charge is 1.00 e. The molecule has 0 saturated carbocycles. The summed E-state index contributed by atoms with van der Waals surface area (Å²) in [4.78, 5) is 37.0. The molecule has 0 aromatic heterocycles. The summed E-state index contributed by atoms with van der Waals surface area (Å²) in [6, 6.07) is 0. The molecule has 8 nitrogen and oxygen atoms in total. The normalized spacial score (nSPS) is 11.1. The maximum absolute atomic E-state index is 12.5. The molecule has 0 aromatic rings. The summed E-state index contributed by atoms with van der Waals surface area (Å²) in [5.41, 5.74) is 0. The molecule has 0 spiro atoms. The number of aliphatic hydroxyl groups is 1. The molecule has 0 heterocycles. The zero-order valence-electron chi connectivity index (χ0n) is 23.3. The van der Waals surface area contributed by atoms with Gasteiger partial charge in [-0.3, -0.25) is 19.3 Å². The van der Waals surface area contributed by atoms with Crippen LogP contribution in [0.15, 0.2) is 12.2 Å². The van der Waals surface area contributed by atoms with Gasteiger partial charge < -0.3 is 21.6 Å². The molecule has 200 valence electrons. The predicted octanol–water partition coefficient (Wildman–Crippen LogP) is 1.43. The fourth-order valence-corrected chi connectivity index (χ4v) is 3.85. The molecule has 0 aliphatic rings. The molecule has 0 radical (unpaired) electrons. The van der Waals surface area contributed by atoms with Gasteiger partial charge in [-0.25, -0.2) is 0 Å². The monoisotopic (exact) mass is 508 g/mol. The average molecular weight is 509 g/mol. The van der Waals surface area contributed by atoms with E-state index in [1.54, 1.807) is 0 Å². The molecular formula is C26H49N2NaO6. The quantitative estimate of drug-likeness (QED) is 0.103. The molecule has 3 N–H and O–H groups in total. The largest absolute Gasteiger partial charge is 1.00 e. The van der Waals surface area contributed by atoms with E-state index in [1.165, 1.54) is 61.2 Å². The Morgan fingerprint density at radius 1 is 0.714 bits per heavy atom. The minimum Gasteiger partial charge on any atom is -1.00 e. The zero-order valence-corrected chi connectivity index (χ0v) is 24.3. The number of carbonyl (C=O) groups is 3. The van der Waals surface area contributed by atoms with Crippen LogP contribution in [0.1, 0.15) is 98.2 Å². The first-order valence-corrected chi connectivity index (χ1v) is 13.1. The van der Waals surface area contributed by atoms with Gasteiger partial charge in [0.15, 0.2) is 0 Å². The Labute approximate surface area is 235 Å². The number of aliphatic hydroxyl groups excluding tert-OH is 1. The second-order valence-electron chi connectivity index (χ2n) is 8.94. The van der Waals surface area contributed by atoms with Crippen LogP contribution in [0.25, 0.3) is 0 Å². The number of carbonyl (C=O) groups excluding carboxylic acids is 1. The Kier molecular flexibility index (Phi) is 27.1. The van der Waals surface area contributed by atoms with E-state index in [9.17, 15) is 19.5 Å². The second-order valence-corrected chi connectivity index (χ2v) is 8.94. The maximum Gasteiger partial charge on any atom is 1.00 e. The van der Waals surface area contributed by atoms with Crippen LogP contribution in [-0.2, 0) is 14.4 Å². The number of hydrogen-bond donors (Lipinski definition) is 3. The summed E-state index contributed by atoms with van der Waals surface area (Å²) in [6.07, 6.45) is 20.4. The molecule has 0 aromatic carbocycles. The van der Waals surface area contributed by atoms with Crippen molar-refractivity contribution in [2.45, 2.75) is 96.8 Å². The molecule has 0 bridgehead atoms. The van der Waals surface area contributed by atoms with E-state index < -0.39 is 25.0 Å². The fourth-order valence-electron chi connectivity index (χ4n) is 3.85. The molecule has 0 unspecified atom stereocenters. The number of unbranched alkanes of at least 4 members (excludes halogenated alkanes) is 11. The molecule has 0 rings (SSSR count). The van der Waals surface area contributed by atoms with Crippen LogP contribution in [-0.4, -0.2) is 82.3 Å². The Bertz CT molecular complexity index is 565. The van der Waals surface area contributed by atoms with E-state index in [2.05, 4.69) is 19.1 Å². The number of carboxylic acids is 2. The summed E-state index contributed by atoms with van der Waals surface area (Å²) in [6.45, 7) is 1.75. The van der Waals surface area contributed by atoms with Gasteiger partial charge >= 0.3 is 41.5 Å². The van der Waals surface area contributed by atoms with Crippen molar-refractivity contribution in [3.63, 3.8) is 0 Å². The molecule has 35 heavy (non-hydrogen) atoms. The fraction of sp³-hybridized carbons (Fsp3) is 0.808. The van der Waals surface area contributed by atoms with Crippen LogP contribution in [0, 0.1) is 0 Å². The van der Waals surface area contributed by atoms with E-state index >= 15 is 0 Å². The van der Waals surface area contributed by atoms with Gasteiger partial charge in [0.2, 0.25) is 5.91 Å². The molecule has 9 heteroatoms. The van der Waals surface area contributed by atoms with Crippen LogP contribution in [0.3, 0.4) is 0 Å². The molecule has 1 amide bonds. The summed E-state index contributed by atoms with van der Waals surface area (Å²) < 4.78 is 0. The van der Waals surface area contributed by atoms with Gasteiger partial charge in [0.25, 0.3) is 0 Å². The standard InChI is InChI=1S/C26H48N2O6.Na.H/c1-2-3-4-5-6-7-8-9-10-11-12-13-14-15-16-17-24(30)28(20-21-29)19-18-27(22-25(31)32)23-26(33)34;;/h9-10,29H,2-8,11-23H2,1H3,(H,31,32)(H,33,34);;/q;+1;-1/b10-9-;;. The van der Waals surface area contributed by atoms with Crippen LogP contribution in [0.2, 0.25) is 0 Å². The minimum absolute atomic E-state index is 0. The number of nitrogens with zero attached hydrogens (tertiary/aromatic N) is 2. The third-order valence-electron chi connectivity index (χ3n) is 5.78. The minimum atomic E-state index is -1.12. The van der Waals surface area contributed by atoms with E-state index in [0.717, 1.165) is 32.1 Å². The number of amides is 1. The van der Waals surface area contributed by atoms with Crippen LogP contribution in [0.4, 0.5) is 0 Å². The van der Waals surface area contributed by atoms with Crippen molar-refractivity contribution in [1.29, 1.82) is 0 Å². The number of allylic oxidation sites excluding steroid dienone is 2. The molecule has 0 aliphatic carbocycles. The van der Waals surface area contributed by atoms with Crippen molar-refractivity contribution in [1.82, 2.24) is 9.80 Å². The second kappa shape index (κ2) is 26.1. The predicted molar refractivity (Wildman–Crippen MR) is 136 cm³/mol. The van der Waals surface area contributed by atoms with Crippen molar-refractivity contribution in [2.75, 3.05) is 39.3 Å². The van der Waals surface area contributed by atoms with Crippen LogP contribution < -0.4 is 29.6 Å². The molecule has 0 saturated heterocycles. The summed E-state index contributed by atoms with van der Waals surface area (Å²) in [7, 11) is 0. The first kappa shape index (κ1) is 36.2. The van der Waals surface area contributed by atoms with Gasteiger partial charge in [-0.05, 0) is 32.1 Å². The van der Waals surface area contributed by atoms with Gasteiger partial charge in [0, 0.05) is 26.1 Å². The zero-order chi connectivity index (χ0) is 25.4. The first-order chi connectivity index (χ1) is 16.4. The SMILES string of the molecule is CCCCCCCC/C=C\CCCCCCCC(=O)N(CCO)CCN(CC(=O)O)CC(=O)O.[H-].[Na+]. The van der Waals surface area contributed by atoms with Crippen LogP contribution >= 0.6 is 0 Å². The Hall–Kier alpha value is -0.930. The van der Waals surface area contributed by atoms with E-state index in [4.69, 9.17) is 10.2 Å². The Morgan fingerprint density at radius 2 is 1.20 bits per heavy atom. The van der Waals surface area contributed by atoms with Gasteiger partial charge in [-0.2, -0.15) is 0 Å². The maximum atomic E-state index is 12.5. The number of carboxylic acid groups (broad SMARTS) is 2. The molecular weight excluding hydrogens is 459 g/mol. The summed E-state index contributed by atoms with van der Waals surface area (Å²) >= 11 is 0. The van der Waals surface area contributed by atoms with E-state index in [1.807, 2.05) is 0 Å².